The van der Waals surface area contributed by atoms with Crippen molar-refractivity contribution in [2.75, 3.05) is 0 Å². The van der Waals surface area contributed by atoms with Crippen molar-refractivity contribution in [2.45, 2.75) is 13.3 Å². The van der Waals surface area contributed by atoms with Gasteiger partial charge >= 0.3 is 0 Å². The summed E-state index contributed by atoms with van der Waals surface area (Å²) < 4.78 is 0. The fourth-order valence-corrected chi connectivity index (χ4v) is 1.75. The second-order valence-electron chi connectivity index (χ2n) is 3.81. The average molecular weight is 226 g/mol. The highest BCUT2D eigenvalue weighted by Gasteiger charge is 2.10. The number of pyridine rings is 1. The van der Waals surface area contributed by atoms with Gasteiger partial charge in [-0.1, -0.05) is 37.3 Å². The fourth-order valence-electron chi connectivity index (χ4n) is 1.75. The van der Waals surface area contributed by atoms with Gasteiger partial charge in [0.15, 0.2) is 0 Å². The van der Waals surface area contributed by atoms with Crippen LogP contribution in [0.1, 0.15) is 23.0 Å². The Kier molecular flexibility index (Phi) is 3.19. The van der Waals surface area contributed by atoms with E-state index < -0.39 is 5.91 Å². The molecule has 0 atom stereocenters. The van der Waals surface area contributed by atoms with Gasteiger partial charge in [0.05, 0.1) is 0 Å². The number of aryl methyl sites for hydroxylation is 1. The van der Waals surface area contributed by atoms with Gasteiger partial charge in [-0.3, -0.25) is 9.78 Å². The Morgan fingerprint density at radius 2 is 1.94 bits per heavy atom. The maximum absolute atomic E-state index is 11.3. The van der Waals surface area contributed by atoms with E-state index in [0.29, 0.717) is 5.69 Å². The molecule has 3 heteroatoms. The zero-order chi connectivity index (χ0) is 12.3. The van der Waals surface area contributed by atoms with Crippen molar-refractivity contribution in [1.82, 2.24) is 4.98 Å². The number of primary amides is 1. The van der Waals surface area contributed by atoms with Crippen LogP contribution in [0.4, 0.5) is 0 Å². The standard InChI is InChI=1S/C14H14N2O/c1-2-10-5-7-11(8-6-10)12-4-3-9-16-13(12)14(15)17/h3-9H,2H2,1H3,(H2,15,17). The Balaban J connectivity index is 2.48. The molecule has 0 radical (unpaired) electrons. The van der Waals surface area contributed by atoms with E-state index in [1.165, 1.54) is 5.56 Å². The van der Waals surface area contributed by atoms with Crippen molar-refractivity contribution < 1.29 is 4.79 Å². The highest BCUT2D eigenvalue weighted by molar-refractivity contribution is 5.97. The van der Waals surface area contributed by atoms with Gasteiger partial charge in [-0.05, 0) is 23.6 Å². The van der Waals surface area contributed by atoms with Gasteiger partial charge in [-0.15, -0.1) is 0 Å². The predicted molar refractivity (Wildman–Crippen MR) is 67.6 cm³/mol. The number of carbonyl (C=O) groups excluding carboxylic acids is 1. The number of hydrogen-bond acceptors (Lipinski definition) is 2. The van der Waals surface area contributed by atoms with Crippen LogP contribution in [-0.2, 0) is 6.42 Å². The fraction of sp³-hybridized carbons (Fsp3) is 0.143. The summed E-state index contributed by atoms with van der Waals surface area (Å²) in [6.45, 7) is 2.11. The maximum atomic E-state index is 11.3. The zero-order valence-corrected chi connectivity index (χ0v) is 9.68. The van der Waals surface area contributed by atoms with Crippen molar-refractivity contribution in [2.24, 2.45) is 5.73 Å². The van der Waals surface area contributed by atoms with E-state index in [0.717, 1.165) is 17.5 Å². The number of amides is 1. The Labute approximate surface area is 100 Å². The van der Waals surface area contributed by atoms with Crippen LogP contribution in [0, 0.1) is 0 Å². The van der Waals surface area contributed by atoms with Crippen LogP contribution >= 0.6 is 0 Å². The Hall–Kier alpha value is -2.16. The van der Waals surface area contributed by atoms with Crippen LogP contribution in [0.2, 0.25) is 0 Å². The first kappa shape index (κ1) is 11.3. The van der Waals surface area contributed by atoms with Crippen molar-refractivity contribution >= 4 is 5.91 Å². The topological polar surface area (TPSA) is 56.0 Å². The van der Waals surface area contributed by atoms with Crippen LogP contribution in [0.25, 0.3) is 11.1 Å². The molecule has 2 aromatic rings. The molecular formula is C14H14N2O. The first-order valence-electron chi connectivity index (χ1n) is 5.56. The second kappa shape index (κ2) is 4.78. The molecule has 0 bridgehead atoms. The van der Waals surface area contributed by atoms with Crippen molar-refractivity contribution in [3.63, 3.8) is 0 Å². The molecule has 0 spiro atoms. The molecule has 2 rings (SSSR count). The first-order valence-corrected chi connectivity index (χ1v) is 5.56. The van der Waals surface area contributed by atoms with E-state index in [9.17, 15) is 4.79 Å². The van der Waals surface area contributed by atoms with E-state index in [2.05, 4.69) is 11.9 Å². The van der Waals surface area contributed by atoms with Crippen LogP contribution in [0.5, 0.6) is 0 Å². The van der Waals surface area contributed by atoms with Crippen LogP contribution in [0.15, 0.2) is 42.6 Å². The van der Waals surface area contributed by atoms with E-state index in [4.69, 9.17) is 5.73 Å². The van der Waals surface area contributed by atoms with Gasteiger partial charge in [-0.25, -0.2) is 0 Å². The number of rotatable bonds is 3. The summed E-state index contributed by atoms with van der Waals surface area (Å²) in [7, 11) is 0. The van der Waals surface area contributed by atoms with Gasteiger partial charge in [0.1, 0.15) is 5.69 Å². The number of hydrogen-bond donors (Lipinski definition) is 1. The molecule has 0 fully saturated rings. The number of carbonyl (C=O) groups is 1. The van der Waals surface area contributed by atoms with E-state index >= 15 is 0 Å². The largest absolute Gasteiger partial charge is 0.364 e. The van der Waals surface area contributed by atoms with Gasteiger partial charge in [0, 0.05) is 11.8 Å². The third kappa shape index (κ3) is 2.33. The molecule has 1 aromatic carbocycles. The predicted octanol–water partition coefficient (Wildman–Crippen LogP) is 2.41. The molecule has 3 nitrogen and oxygen atoms in total. The minimum atomic E-state index is -0.500. The average Bonchev–Trinajstić information content (AvgIpc) is 2.39. The van der Waals surface area contributed by atoms with Crippen molar-refractivity contribution in [3.8, 4) is 11.1 Å². The molecule has 86 valence electrons. The molecular weight excluding hydrogens is 212 g/mol. The highest BCUT2D eigenvalue weighted by atomic mass is 16.1. The first-order chi connectivity index (χ1) is 8.22. The molecule has 0 saturated heterocycles. The summed E-state index contributed by atoms with van der Waals surface area (Å²) >= 11 is 0. The monoisotopic (exact) mass is 226 g/mol. The third-order valence-corrected chi connectivity index (χ3v) is 2.71. The minimum Gasteiger partial charge on any atom is -0.364 e. The van der Waals surface area contributed by atoms with E-state index in [1.807, 2.05) is 30.3 Å². The summed E-state index contributed by atoms with van der Waals surface area (Å²) in [5, 5.41) is 0. The Morgan fingerprint density at radius 3 is 2.53 bits per heavy atom. The van der Waals surface area contributed by atoms with Crippen LogP contribution in [0.3, 0.4) is 0 Å². The normalized spacial score (nSPS) is 10.2. The molecule has 0 aliphatic carbocycles. The lowest BCUT2D eigenvalue weighted by atomic mass is 10.0. The molecule has 0 aliphatic rings. The number of benzene rings is 1. The van der Waals surface area contributed by atoms with Crippen LogP contribution in [-0.4, -0.2) is 10.9 Å². The summed E-state index contributed by atoms with van der Waals surface area (Å²) in [4.78, 5) is 15.3. The minimum absolute atomic E-state index is 0.316. The van der Waals surface area contributed by atoms with Gasteiger partial charge in [-0.2, -0.15) is 0 Å². The lowest BCUT2D eigenvalue weighted by molar-refractivity contribution is 0.0996. The van der Waals surface area contributed by atoms with Crippen LogP contribution < -0.4 is 5.73 Å². The van der Waals surface area contributed by atoms with Crippen molar-refractivity contribution in [1.29, 1.82) is 0 Å². The lowest BCUT2D eigenvalue weighted by Crippen LogP contribution is -2.14. The second-order valence-corrected chi connectivity index (χ2v) is 3.81. The maximum Gasteiger partial charge on any atom is 0.267 e. The molecule has 17 heavy (non-hydrogen) atoms. The highest BCUT2D eigenvalue weighted by Crippen LogP contribution is 2.22. The molecule has 1 aromatic heterocycles. The molecule has 0 aliphatic heterocycles. The third-order valence-electron chi connectivity index (χ3n) is 2.71. The summed E-state index contributed by atoms with van der Waals surface area (Å²) in [6, 6.07) is 11.7. The summed E-state index contributed by atoms with van der Waals surface area (Å²) in [5.74, 6) is -0.500. The van der Waals surface area contributed by atoms with Crippen molar-refractivity contribution in [3.05, 3.63) is 53.9 Å². The lowest BCUT2D eigenvalue weighted by Gasteiger charge is -2.06. The SMILES string of the molecule is CCc1ccc(-c2cccnc2C(N)=O)cc1. The quantitative estimate of drug-likeness (QED) is 0.873. The van der Waals surface area contributed by atoms with E-state index in [1.54, 1.807) is 12.3 Å². The van der Waals surface area contributed by atoms with E-state index in [-0.39, 0.29) is 0 Å². The van der Waals surface area contributed by atoms with Gasteiger partial charge in [0.25, 0.3) is 5.91 Å². The summed E-state index contributed by atoms with van der Waals surface area (Å²) in [5.41, 5.74) is 8.63. The molecule has 1 amide bonds. The Morgan fingerprint density at radius 1 is 1.24 bits per heavy atom. The number of aromatic nitrogens is 1. The zero-order valence-electron chi connectivity index (χ0n) is 9.68. The Bertz CT molecular complexity index is 532. The number of nitrogens with two attached hydrogens (primary N) is 1. The van der Waals surface area contributed by atoms with Gasteiger partial charge < -0.3 is 5.73 Å². The molecule has 0 saturated carbocycles. The molecule has 2 N–H and O–H groups in total. The smallest absolute Gasteiger partial charge is 0.267 e. The number of nitrogens with zero attached hydrogens (tertiary/aromatic N) is 1. The molecule has 0 unspecified atom stereocenters. The van der Waals surface area contributed by atoms with Gasteiger partial charge in [0.2, 0.25) is 0 Å². The molecule has 1 heterocycles. The summed E-state index contributed by atoms with van der Waals surface area (Å²) in [6.07, 6.45) is 2.57.